The van der Waals surface area contributed by atoms with Crippen LogP contribution in [0, 0.1) is 13.8 Å². The Balaban J connectivity index is 1.81. The van der Waals surface area contributed by atoms with E-state index in [-0.39, 0.29) is 18.9 Å². The molecule has 0 saturated carbocycles. The molecule has 0 amide bonds. The van der Waals surface area contributed by atoms with Crippen LogP contribution < -0.4 is 4.74 Å². The number of aryl methyl sites for hydroxylation is 2. The molecule has 0 aliphatic heterocycles. The summed E-state index contributed by atoms with van der Waals surface area (Å²) in [6.45, 7) is 4.13. The van der Waals surface area contributed by atoms with Crippen molar-refractivity contribution in [2.45, 2.75) is 13.8 Å². The van der Waals surface area contributed by atoms with Gasteiger partial charge in [-0.2, -0.15) is 0 Å². The lowest BCUT2D eigenvalue weighted by Crippen LogP contribution is -2.14. The third-order valence-electron chi connectivity index (χ3n) is 2.77. The summed E-state index contributed by atoms with van der Waals surface area (Å²) in [6.07, 6.45) is 3.28. The number of pyridine rings is 1. The standard InChI is InChI=1S/C17H18N2O2/c1-13-7-14(2)9-17(8-13)21-12-16(20)11-18-10-15-5-3-4-6-19-15/h3-10H,11-12H2,1-2H3. The first-order valence-electron chi connectivity index (χ1n) is 6.77. The van der Waals surface area contributed by atoms with Crippen molar-refractivity contribution in [1.29, 1.82) is 0 Å². The number of rotatable bonds is 6. The van der Waals surface area contributed by atoms with Gasteiger partial charge in [0.05, 0.1) is 5.69 Å². The molecule has 0 saturated heterocycles. The maximum absolute atomic E-state index is 11.7. The molecule has 0 radical (unpaired) electrons. The monoisotopic (exact) mass is 282 g/mol. The molecule has 4 nitrogen and oxygen atoms in total. The molecule has 21 heavy (non-hydrogen) atoms. The molecule has 0 bridgehead atoms. The van der Waals surface area contributed by atoms with E-state index in [2.05, 4.69) is 16.0 Å². The number of Topliss-reactive ketones (excluding diaryl/α,β-unsaturated/α-hetero) is 1. The Hall–Kier alpha value is -2.49. The van der Waals surface area contributed by atoms with Crippen molar-refractivity contribution in [1.82, 2.24) is 4.98 Å². The van der Waals surface area contributed by atoms with Gasteiger partial charge in [-0.3, -0.25) is 14.8 Å². The number of ketones is 1. The molecule has 4 heteroatoms. The maximum atomic E-state index is 11.7. The van der Waals surface area contributed by atoms with Crippen molar-refractivity contribution in [3.8, 4) is 5.75 Å². The summed E-state index contributed by atoms with van der Waals surface area (Å²) >= 11 is 0. The molecule has 1 aromatic heterocycles. The Kier molecular flexibility index (Phi) is 5.21. The highest BCUT2D eigenvalue weighted by atomic mass is 16.5. The lowest BCUT2D eigenvalue weighted by atomic mass is 10.1. The van der Waals surface area contributed by atoms with E-state index in [1.54, 1.807) is 12.4 Å². The number of carbonyl (C=O) groups excluding carboxylic acids is 1. The number of aliphatic imine (C=N–C) groups is 1. The summed E-state index contributed by atoms with van der Waals surface area (Å²) in [5.41, 5.74) is 2.97. The first-order valence-corrected chi connectivity index (χ1v) is 6.77. The molecule has 1 aromatic carbocycles. The third-order valence-corrected chi connectivity index (χ3v) is 2.77. The lowest BCUT2D eigenvalue weighted by Gasteiger charge is -2.06. The van der Waals surface area contributed by atoms with Crippen LogP contribution in [0.15, 0.2) is 47.6 Å². The Morgan fingerprint density at radius 2 is 2.00 bits per heavy atom. The second-order valence-corrected chi connectivity index (χ2v) is 4.88. The zero-order valence-corrected chi connectivity index (χ0v) is 12.2. The Morgan fingerprint density at radius 3 is 2.67 bits per heavy atom. The van der Waals surface area contributed by atoms with Gasteiger partial charge in [-0.15, -0.1) is 0 Å². The van der Waals surface area contributed by atoms with Crippen LogP contribution in [0.4, 0.5) is 0 Å². The molecule has 0 aliphatic carbocycles. The summed E-state index contributed by atoms with van der Waals surface area (Å²) in [7, 11) is 0. The summed E-state index contributed by atoms with van der Waals surface area (Å²) in [4.78, 5) is 19.9. The molecular weight excluding hydrogens is 264 g/mol. The smallest absolute Gasteiger partial charge is 0.191 e. The fourth-order valence-corrected chi connectivity index (χ4v) is 1.92. The van der Waals surface area contributed by atoms with Gasteiger partial charge in [-0.05, 0) is 49.2 Å². The van der Waals surface area contributed by atoms with Crippen LogP contribution in [0.5, 0.6) is 5.75 Å². The number of hydrogen-bond acceptors (Lipinski definition) is 4. The van der Waals surface area contributed by atoms with Crippen LogP contribution in [-0.4, -0.2) is 30.1 Å². The van der Waals surface area contributed by atoms with Crippen molar-refractivity contribution in [2.75, 3.05) is 13.2 Å². The molecule has 0 spiro atoms. The number of carbonyl (C=O) groups is 1. The topological polar surface area (TPSA) is 51.5 Å². The Morgan fingerprint density at radius 1 is 1.24 bits per heavy atom. The molecule has 0 fully saturated rings. The van der Waals surface area contributed by atoms with Crippen LogP contribution in [-0.2, 0) is 4.79 Å². The van der Waals surface area contributed by atoms with E-state index in [1.807, 2.05) is 44.2 Å². The Labute approximate surface area is 124 Å². The van der Waals surface area contributed by atoms with Gasteiger partial charge in [0.1, 0.15) is 18.9 Å². The molecule has 0 unspecified atom stereocenters. The highest BCUT2D eigenvalue weighted by molar-refractivity contribution is 5.85. The van der Waals surface area contributed by atoms with Gasteiger partial charge in [0.25, 0.3) is 0 Å². The molecular formula is C17H18N2O2. The number of nitrogens with zero attached hydrogens (tertiary/aromatic N) is 2. The number of aromatic nitrogens is 1. The van der Waals surface area contributed by atoms with Crippen LogP contribution in [0.1, 0.15) is 16.8 Å². The van der Waals surface area contributed by atoms with Gasteiger partial charge in [-0.1, -0.05) is 12.1 Å². The highest BCUT2D eigenvalue weighted by Crippen LogP contribution is 2.15. The summed E-state index contributed by atoms with van der Waals surface area (Å²) < 4.78 is 5.49. The second-order valence-electron chi connectivity index (χ2n) is 4.88. The van der Waals surface area contributed by atoms with Crippen LogP contribution in [0.3, 0.4) is 0 Å². The van der Waals surface area contributed by atoms with E-state index in [0.29, 0.717) is 0 Å². The van der Waals surface area contributed by atoms with Gasteiger partial charge < -0.3 is 4.74 Å². The molecule has 0 N–H and O–H groups in total. The predicted molar refractivity (Wildman–Crippen MR) is 83.1 cm³/mol. The fraction of sp³-hybridized carbons (Fsp3) is 0.235. The summed E-state index contributed by atoms with van der Waals surface area (Å²) in [5, 5.41) is 0. The van der Waals surface area contributed by atoms with E-state index in [1.165, 1.54) is 0 Å². The van der Waals surface area contributed by atoms with Gasteiger partial charge in [-0.25, -0.2) is 0 Å². The predicted octanol–water partition coefficient (Wildman–Crippen LogP) is 2.77. The fourth-order valence-electron chi connectivity index (χ4n) is 1.92. The minimum atomic E-state index is -0.0682. The maximum Gasteiger partial charge on any atom is 0.191 e. The van der Waals surface area contributed by atoms with Crippen LogP contribution >= 0.6 is 0 Å². The quantitative estimate of drug-likeness (QED) is 0.765. The molecule has 2 aromatic rings. The molecule has 108 valence electrons. The zero-order chi connectivity index (χ0) is 15.1. The largest absolute Gasteiger partial charge is 0.486 e. The highest BCUT2D eigenvalue weighted by Gasteiger charge is 2.03. The Bertz CT molecular complexity index is 616. The van der Waals surface area contributed by atoms with Gasteiger partial charge in [0, 0.05) is 12.4 Å². The summed E-state index contributed by atoms with van der Waals surface area (Å²) in [5.74, 6) is 0.649. The lowest BCUT2D eigenvalue weighted by molar-refractivity contribution is -0.119. The molecule has 0 aliphatic rings. The minimum Gasteiger partial charge on any atom is -0.486 e. The second kappa shape index (κ2) is 7.33. The number of ether oxygens (including phenoxy) is 1. The number of benzene rings is 1. The van der Waals surface area contributed by atoms with Gasteiger partial charge in [0.2, 0.25) is 0 Å². The van der Waals surface area contributed by atoms with Crippen LogP contribution in [0.2, 0.25) is 0 Å². The van der Waals surface area contributed by atoms with Crippen molar-refractivity contribution in [2.24, 2.45) is 4.99 Å². The van der Waals surface area contributed by atoms with E-state index in [4.69, 9.17) is 4.74 Å². The van der Waals surface area contributed by atoms with E-state index in [0.717, 1.165) is 22.6 Å². The number of hydrogen-bond donors (Lipinski definition) is 0. The van der Waals surface area contributed by atoms with Crippen molar-refractivity contribution < 1.29 is 9.53 Å². The van der Waals surface area contributed by atoms with E-state index < -0.39 is 0 Å². The van der Waals surface area contributed by atoms with Crippen molar-refractivity contribution >= 4 is 12.0 Å². The van der Waals surface area contributed by atoms with E-state index >= 15 is 0 Å². The van der Waals surface area contributed by atoms with Crippen molar-refractivity contribution in [3.63, 3.8) is 0 Å². The SMILES string of the molecule is Cc1cc(C)cc(OCC(=O)CN=Cc2ccccn2)c1. The molecule has 2 rings (SSSR count). The van der Waals surface area contributed by atoms with Gasteiger partial charge >= 0.3 is 0 Å². The van der Waals surface area contributed by atoms with Crippen molar-refractivity contribution in [3.05, 3.63) is 59.4 Å². The summed E-state index contributed by atoms with van der Waals surface area (Å²) in [6, 6.07) is 11.4. The molecule has 1 heterocycles. The average Bonchev–Trinajstić information content (AvgIpc) is 2.45. The first kappa shape index (κ1) is 14.9. The van der Waals surface area contributed by atoms with Crippen LogP contribution in [0.25, 0.3) is 0 Å². The normalized spacial score (nSPS) is 10.8. The molecule has 0 atom stereocenters. The minimum absolute atomic E-state index is 0.0302. The van der Waals surface area contributed by atoms with E-state index in [9.17, 15) is 4.79 Å². The van der Waals surface area contributed by atoms with Gasteiger partial charge in [0.15, 0.2) is 5.78 Å². The average molecular weight is 282 g/mol. The third kappa shape index (κ3) is 5.18. The first-order chi connectivity index (χ1) is 10.1. The zero-order valence-electron chi connectivity index (χ0n) is 12.2.